The van der Waals surface area contributed by atoms with Gasteiger partial charge in [-0.25, -0.2) is 4.98 Å². The van der Waals surface area contributed by atoms with Gasteiger partial charge in [0.1, 0.15) is 5.82 Å². The van der Waals surface area contributed by atoms with E-state index in [1.807, 2.05) is 23.7 Å². The predicted octanol–water partition coefficient (Wildman–Crippen LogP) is 1.59. The van der Waals surface area contributed by atoms with Gasteiger partial charge in [0.2, 0.25) is 0 Å². The van der Waals surface area contributed by atoms with Crippen LogP contribution in [0.4, 0.5) is 0 Å². The van der Waals surface area contributed by atoms with Crippen molar-refractivity contribution in [2.45, 2.75) is 6.54 Å². The molecule has 0 atom stereocenters. The average molecular weight is 223 g/mol. The van der Waals surface area contributed by atoms with E-state index < -0.39 is 0 Å². The van der Waals surface area contributed by atoms with E-state index in [-0.39, 0.29) is 0 Å². The first kappa shape index (κ1) is 10.1. The fourth-order valence-corrected chi connectivity index (χ4v) is 1.76. The SMILES string of the molecule is Cn1c(-c2cccnc2)nc(Cl)c1CN. The third kappa shape index (κ3) is 1.73. The maximum atomic E-state index is 5.97. The highest BCUT2D eigenvalue weighted by molar-refractivity contribution is 6.30. The minimum Gasteiger partial charge on any atom is -0.329 e. The van der Waals surface area contributed by atoms with E-state index in [4.69, 9.17) is 17.3 Å². The van der Waals surface area contributed by atoms with Crippen LogP contribution in [0.5, 0.6) is 0 Å². The van der Waals surface area contributed by atoms with Crippen LogP contribution in [0.2, 0.25) is 5.15 Å². The maximum Gasteiger partial charge on any atom is 0.152 e. The average Bonchev–Trinajstić information content (AvgIpc) is 2.55. The summed E-state index contributed by atoms with van der Waals surface area (Å²) in [7, 11) is 1.89. The number of nitrogens with two attached hydrogens (primary N) is 1. The highest BCUT2D eigenvalue weighted by Gasteiger charge is 2.12. The molecule has 0 aliphatic rings. The molecule has 0 aliphatic heterocycles. The highest BCUT2D eigenvalue weighted by atomic mass is 35.5. The third-order valence-electron chi connectivity index (χ3n) is 2.28. The van der Waals surface area contributed by atoms with Crippen molar-refractivity contribution in [1.29, 1.82) is 0 Å². The molecule has 2 aromatic heterocycles. The molecule has 0 spiro atoms. The van der Waals surface area contributed by atoms with E-state index in [2.05, 4.69) is 9.97 Å². The second-order valence-corrected chi connectivity index (χ2v) is 3.54. The minimum atomic E-state index is 0.378. The van der Waals surface area contributed by atoms with Crippen LogP contribution >= 0.6 is 11.6 Å². The zero-order valence-corrected chi connectivity index (χ0v) is 9.07. The van der Waals surface area contributed by atoms with Gasteiger partial charge >= 0.3 is 0 Å². The van der Waals surface area contributed by atoms with Gasteiger partial charge in [-0.2, -0.15) is 0 Å². The van der Waals surface area contributed by atoms with Crippen molar-refractivity contribution in [3.8, 4) is 11.4 Å². The zero-order valence-electron chi connectivity index (χ0n) is 8.31. The second kappa shape index (κ2) is 4.00. The van der Waals surface area contributed by atoms with Crippen molar-refractivity contribution in [1.82, 2.24) is 14.5 Å². The Morgan fingerprint density at radius 3 is 2.87 bits per heavy atom. The lowest BCUT2D eigenvalue weighted by Gasteiger charge is -2.03. The van der Waals surface area contributed by atoms with E-state index in [0.717, 1.165) is 17.1 Å². The van der Waals surface area contributed by atoms with E-state index in [9.17, 15) is 0 Å². The molecule has 5 heteroatoms. The van der Waals surface area contributed by atoms with Crippen molar-refractivity contribution in [3.63, 3.8) is 0 Å². The Bertz CT molecular complexity index is 464. The maximum absolute atomic E-state index is 5.97. The summed E-state index contributed by atoms with van der Waals surface area (Å²) in [6.07, 6.45) is 3.47. The molecular formula is C10H11ClN4. The molecular weight excluding hydrogens is 212 g/mol. The Morgan fingerprint density at radius 1 is 1.53 bits per heavy atom. The monoisotopic (exact) mass is 222 g/mol. The highest BCUT2D eigenvalue weighted by Crippen LogP contribution is 2.23. The van der Waals surface area contributed by atoms with Gasteiger partial charge in [-0.1, -0.05) is 11.6 Å². The van der Waals surface area contributed by atoms with Gasteiger partial charge < -0.3 is 10.3 Å². The molecule has 2 rings (SSSR count). The first-order chi connectivity index (χ1) is 7.24. The van der Waals surface area contributed by atoms with Gasteiger partial charge in [0, 0.05) is 31.5 Å². The largest absolute Gasteiger partial charge is 0.329 e. The summed E-state index contributed by atoms with van der Waals surface area (Å²) in [5.41, 5.74) is 7.34. The first-order valence-corrected chi connectivity index (χ1v) is 4.93. The number of rotatable bonds is 2. The molecule has 2 heterocycles. The van der Waals surface area contributed by atoms with Gasteiger partial charge in [-0.3, -0.25) is 4.98 Å². The van der Waals surface area contributed by atoms with Crippen LogP contribution in [0, 0.1) is 0 Å². The Balaban J connectivity index is 2.55. The lowest BCUT2D eigenvalue weighted by molar-refractivity contribution is 0.828. The number of pyridine rings is 1. The Hall–Kier alpha value is -1.39. The Kier molecular flexibility index (Phi) is 2.70. The number of nitrogens with zero attached hydrogens (tertiary/aromatic N) is 3. The Morgan fingerprint density at radius 2 is 2.33 bits per heavy atom. The number of hydrogen-bond donors (Lipinski definition) is 1. The number of hydrogen-bond acceptors (Lipinski definition) is 3. The second-order valence-electron chi connectivity index (χ2n) is 3.18. The van der Waals surface area contributed by atoms with Crippen LogP contribution in [-0.2, 0) is 13.6 Å². The molecule has 2 aromatic rings. The Labute approximate surface area is 92.7 Å². The molecule has 4 nitrogen and oxygen atoms in total. The van der Waals surface area contributed by atoms with E-state index in [0.29, 0.717) is 11.7 Å². The van der Waals surface area contributed by atoms with Crippen molar-refractivity contribution in [3.05, 3.63) is 35.4 Å². The molecule has 0 fully saturated rings. The van der Waals surface area contributed by atoms with Crippen molar-refractivity contribution < 1.29 is 0 Å². The summed E-state index contributed by atoms with van der Waals surface area (Å²) in [4.78, 5) is 8.30. The van der Waals surface area contributed by atoms with Crippen molar-refractivity contribution >= 4 is 11.6 Å². The van der Waals surface area contributed by atoms with Crippen LogP contribution < -0.4 is 5.73 Å². The molecule has 0 saturated heterocycles. The smallest absolute Gasteiger partial charge is 0.152 e. The summed E-state index contributed by atoms with van der Waals surface area (Å²) in [6.45, 7) is 0.378. The number of imidazole rings is 1. The predicted molar refractivity (Wildman–Crippen MR) is 59.3 cm³/mol. The molecule has 15 heavy (non-hydrogen) atoms. The molecule has 78 valence electrons. The minimum absolute atomic E-state index is 0.378. The van der Waals surface area contributed by atoms with E-state index >= 15 is 0 Å². The van der Waals surface area contributed by atoms with Crippen LogP contribution in [0.15, 0.2) is 24.5 Å². The molecule has 0 amide bonds. The molecule has 0 unspecified atom stereocenters. The molecule has 2 N–H and O–H groups in total. The van der Waals surface area contributed by atoms with Crippen LogP contribution in [0.3, 0.4) is 0 Å². The topological polar surface area (TPSA) is 56.7 Å². The fraction of sp³-hybridized carbons (Fsp3) is 0.200. The summed E-state index contributed by atoms with van der Waals surface area (Å²) in [5, 5.41) is 0.457. The van der Waals surface area contributed by atoms with Gasteiger partial charge in [0.05, 0.1) is 5.69 Å². The first-order valence-electron chi connectivity index (χ1n) is 4.55. The standard InChI is InChI=1S/C10H11ClN4/c1-15-8(5-12)9(11)14-10(15)7-3-2-4-13-6-7/h2-4,6H,5,12H2,1H3. The van der Waals surface area contributed by atoms with Crippen LogP contribution in [0.1, 0.15) is 5.69 Å². The van der Waals surface area contributed by atoms with Gasteiger partial charge in [-0.15, -0.1) is 0 Å². The molecule has 0 bridgehead atoms. The third-order valence-corrected chi connectivity index (χ3v) is 2.58. The quantitative estimate of drug-likeness (QED) is 0.840. The summed E-state index contributed by atoms with van der Waals surface area (Å²) in [6, 6.07) is 3.80. The summed E-state index contributed by atoms with van der Waals surface area (Å²) in [5.74, 6) is 0.786. The normalized spacial score (nSPS) is 10.6. The number of halogens is 1. The van der Waals surface area contributed by atoms with Crippen molar-refractivity contribution in [2.75, 3.05) is 0 Å². The lowest BCUT2D eigenvalue weighted by Crippen LogP contribution is -2.04. The molecule has 0 aliphatic carbocycles. The lowest BCUT2D eigenvalue weighted by atomic mass is 10.3. The van der Waals surface area contributed by atoms with Gasteiger partial charge in [-0.05, 0) is 12.1 Å². The van der Waals surface area contributed by atoms with Crippen LogP contribution in [-0.4, -0.2) is 14.5 Å². The van der Waals surface area contributed by atoms with Crippen molar-refractivity contribution in [2.24, 2.45) is 12.8 Å². The van der Waals surface area contributed by atoms with E-state index in [1.54, 1.807) is 12.4 Å². The molecule has 0 saturated carbocycles. The fourth-order valence-electron chi connectivity index (χ4n) is 1.47. The molecule has 0 radical (unpaired) electrons. The van der Waals surface area contributed by atoms with Crippen LogP contribution in [0.25, 0.3) is 11.4 Å². The zero-order chi connectivity index (χ0) is 10.8. The summed E-state index contributed by atoms with van der Waals surface area (Å²) >= 11 is 5.97. The van der Waals surface area contributed by atoms with Gasteiger partial charge in [0.25, 0.3) is 0 Å². The molecule has 0 aromatic carbocycles. The van der Waals surface area contributed by atoms with Gasteiger partial charge in [0.15, 0.2) is 5.15 Å². The number of aromatic nitrogens is 3. The van der Waals surface area contributed by atoms with E-state index in [1.165, 1.54) is 0 Å². The summed E-state index contributed by atoms with van der Waals surface area (Å²) < 4.78 is 1.89.